The number of hydrogen-bond donors (Lipinski definition) is 2. The van der Waals surface area contributed by atoms with Gasteiger partial charge in [-0.3, -0.25) is 19.8 Å². The molecule has 0 radical (unpaired) electrons. The van der Waals surface area contributed by atoms with Gasteiger partial charge in [0, 0.05) is 43.4 Å². The Morgan fingerprint density at radius 2 is 1.10 bits per heavy atom. The van der Waals surface area contributed by atoms with E-state index in [0.29, 0.717) is 31.7 Å². The maximum atomic E-state index is 13.0. The Morgan fingerprint density at radius 1 is 0.667 bits per heavy atom. The molecular formula is C28H31N5O7S2. The van der Waals surface area contributed by atoms with E-state index in [0.717, 1.165) is 30.4 Å². The lowest BCUT2D eigenvalue weighted by Crippen LogP contribution is -2.35. The summed E-state index contributed by atoms with van der Waals surface area (Å²) in [4.78, 5) is 39.0. The minimum Gasteiger partial charge on any atom is -0.306 e. The molecule has 3 heterocycles. The summed E-state index contributed by atoms with van der Waals surface area (Å²) < 4.78 is 54.8. The summed E-state index contributed by atoms with van der Waals surface area (Å²) in [7, 11) is -7.29. The van der Waals surface area contributed by atoms with Crippen LogP contribution in [0.25, 0.3) is 0 Å². The summed E-state index contributed by atoms with van der Waals surface area (Å²) in [5.41, 5.74) is 2.63. The van der Waals surface area contributed by atoms with Crippen LogP contribution in [0, 0.1) is 6.92 Å². The highest BCUT2D eigenvalue weighted by Crippen LogP contribution is 2.23. The molecule has 0 atom stereocenters. The number of sulfonamides is 2. The minimum absolute atomic E-state index is 0.0136. The molecule has 0 unspecified atom stereocenters. The number of nitrogens with zero attached hydrogens (tertiary/aromatic N) is 3. The zero-order valence-electron chi connectivity index (χ0n) is 22.9. The predicted molar refractivity (Wildman–Crippen MR) is 156 cm³/mol. The lowest BCUT2D eigenvalue weighted by atomic mass is 10.2. The number of carbonyl (C=O) groups is 2. The lowest BCUT2D eigenvalue weighted by Gasteiger charge is -2.17. The highest BCUT2D eigenvalue weighted by atomic mass is 32.2. The van der Waals surface area contributed by atoms with Crippen molar-refractivity contribution in [1.82, 2.24) is 13.3 Å². The largest absolute Gasteiger partial charge is 0.306 e. The monoisotopic (exact) mass is 613 g/mol. The van der Waals surface area contributed by atoms with E-state index < -0.39 is 37.4 Å². The van der Waals surface area contributed by atoms with Gasteiger partial charge in [0.25, 0.3) is 17.4 Å². The summed E-state index contributed by atoms with van der Waals surface area (Å²) in [6.45, 7) is 3.49. The summed E-state index contributed by atoms with van der Waals surface area (Å²) in [6.07, 6.45) is 3.21. The van der Waals surface area contributed by atoms with Gasteiger partial charge in [-0.05, 0) is 92.8 Å². The van der Waals surface area contributed by atoms with Gasteiger partial charge in [0.05, 0.1) is 9.79 Å². The number of hydrogen-bond acceptors (Lipinski definition) is 7. The first-order valence-electron chi connectivity index (χ1n) is 13.5. The van der Waals surface area contributed by atoms with Crippen LogP contribution in [-0.4, -0.2) is 68.1 Å². The van der Waals surface area contributed by atoms with Crippen molar-refractivity contribution in [2.45, 2.75) is 42.4 Å². The molecular weight excluding hydrogens is 582 g/mol. The van der Waals surface area contributed by atoms with Crippen molar-refractivity contribution in [1.29, 1.82) is 0 Å². The fraction of sp³-hybridized carbons (Fsp3) is 0.321. The summed E-state index contributed by atoms with van der Waals surface area (Å²) in [5.74, 6) is -1.33. The first-order chi connectivity index (χ1) is 20.0. The smallest absolute Gasteiger partial charge is 0.271 e. The molecule has 2 N–H and O–H groups in total. The Hall–Kier alpha value is -3.85. The molecule has 14 heteroatoms. The Bertz CT molecular complexity index is 1770. The molecule has 3 aromatic rings. The van der Waals surface area contributed by atoms with Crippen LogP contribution in [0.1, 0.15) is 52.0 Å². The quantitative estimate of drug-likeness (QED) is 0.395. The molecule has 5 rings (SSSR count). The van der Waals surface area contributed by atoms with E-state index in [9.17, 15) is 31.2 Å². The van der Waals surface area contributed by atoms with E-state index >= 15 is 0 Å². The van der Waals surface area contributed by atoms with Crippen molar-refractivity contribution in [2.24, 2.45) is 0 Å². The fourth-order valence-corrected chi connectivity index (χ4v) is 8.01. The number of benzene rings is 2. The third-order valence-electron chi connectivity index (χ3n) is 7.27. The summed E-state index contributed by atoms with van der Waals surface area (Å²) >= 11 is 0. The van der Waals surface area contributed by atoms with E-state index in [2.05, 4.69) is 10.7 Å². The van der Waals surface area contributed by atoms with Crippen molar-refractivity contribution in [3.63, 3.8) is 0 Å². The van der Waals surface area contributed by atoms with Crippen LogP contribution in [-0.2, 0) is 20.0 Å². The van der Waals surface area contributed by atoms with Gasteiger partial charge >= 0.3 is 0 Å². The Morgan fingerprint density at radius 3 is 1.55 bits per heavy atom. The normalized spacial score (nSPS) is 16.4. The third-order valence-corrected chi connectivity index (χ3v) is 11.1. The maximum Gasteiger partial charge on any atom is 0.271 e. The van der Waals surface area contributed by atoms with Crippen LogP contribution in [0.5, 0.6) is 0 Å². The molecule has 42 heavy (non-hydrogen) atoms. The molecule has 0 aliphatic carbocycles. The van der Waals surface area contributed by atoms with Crippen molar-refractivity contribution in [2.75, 3.05) is 36.9 Å². The second kappa shape index (κ2) is 11.8. The van der Waals surface area contributed by atoms with Gasteiger partial charge in [0.2, 0.25) is 20.0 Å². The molecule has 2 aliphatic rings. The van der Waals surface area contributed by atoms with Crippen LogP contribution in [0.3, 0.4) is 0 Å². The Kier molecular flexibility index (Phi) is 8.32. The van der Waals surface area contributed by atoms with Gasteiger partial charge in [0.15, 0.2) is 0 Å². The zero-order valence-corrected chi connectivity index (χ0v) is 24.6. The lowest BCUT2D eigenvalue weighted by molar-refractivity contribution is 0.0998. The van der Waals surface area contributed by atoms with Gasteiger partial charge < -0.3 is 5.32 Å². The van der Waals surface area contributed by atoms with Crippen LogP contribution >= 0.6 is 0 Å². The standard InChI is InChI=1S/C28H31N5O7S2/c1-20-18-25(29-27(35)21-6-10-23(11-7-21)41(37,38)31-14-2-3-15-31)33(26(34)19-20)30-28(36)22-8-12-24(13-9-22)42(39,40)32-16-4-5-17-32/h6-13,18-19H,2-5,14-17H2,1H3,(H,29,35)(H,30,36). The number of pyridine rings is 1. The molecule has 1 aromatic heterocycles. The number of aromatic nitrogens is 1. The highest BCUT2D eigenvalue weighted by molar-refractivity contribution is 7.89. The van der Waals surface area contributed by atoms with Gasteiger partial charge in [-0.1, -0.05) is 0 Å². The van der Waals surface area contributed by atoms with E-state index in [1.807, 2.05) is 0 Å². The molecule has 0 spiro atoms. The first kappa shape index (κ1) is 29.6. The van der Waals surface area contributed by atoms with Crippen molar-refractivity contribution < 1.29 is 26.4 Å². The van der Waals surface area contributed by atoms with E-state index in [1.165, 1.54) is 69.3 Å². The van der Waals surface area contributed by atoms with Crippen molar-refractivity contribution >= 4 is 37.7 Å². The molecule has 0 bridgehead atoms. The van der Waals surface area contributed by atoms with Crippen LogP contribution in [0.15, 0.2) is 75.2 Å². The zero-order chi connectivity index (χ0) is 30.1. The molecule has 2 saturated heterocycles. The molecule has 2 fully saturated rings. The average molecular weight is 614 g/mol. The van der Waals surface area contributed by atoms with E-state index in [1.54, 1.807) is 6.92 Å². The van der Waals surface area contributed by atoms with Gasteiger partial charge in [0.1, 0.15) is 5.82 Å². The number of nitrogens with one attached hydrogen (secondary N) is 2. The minimum atomic E-state index is -3.65. The third kappa shape index (κ3) is 6.02. The molecule has 2 aromatic carbocycles. The SMILES string of the molecule is Cc1cc(NC(=O)c2ccc(S(=O)(=O)N3CCCC3)cc2)n(NC(=O)c2ccc(S(=O)(=O)N3CCCC3)cc2)c(=O)c1. The highest BCUT2D eigenvalue weighted by Gasteiger charge is 2.28. The van der Waals surface area contributed by atoms with E-state index in [4.69, 9.17) is 0 Å². The van der Waals surface area contributed by atoms with Crippen LogP contribution in [0.4, 0.5) is 5.82 Å². The average Bonchev–Trinajstić information content (AvgIpc) is 3.71. The number of carbonyl (C=O) groups excluding carboxylic acids is 2. The van der Waals surface area contributed by atoms with Crippen LogP contribution < -0.4 is 16.3 Å². The molecule has 0 saturated carbocycles. The topological polar surface area (TPSA) is 155 Å². The molecule has 12 nitrogen and oxygen atoms in total. The summed E-state index contributed by atoms with van der Waals surface area (Å²) in [5, 5.41) is 2.60. The molecule has 222 valence electrons. The van der Waals surface area contributed by atoms with E-state index in [-0.39, 0.29) is 26.7 Å². The fourth-order valence-electron chi connectivity index (χ4n) is 4.97. The molecule has 2 aliphatic heterocycles. The number of aryl methyl sites for hydroxylation is 1. The summed E-state index contributed by atoms with van der Waals surface area (Å²) in [6, 6.07) is 13.7. The van der Waals surface area contributed by atoms with Gasteiger partial charge in [-0.2, -0.15) is 8.61 Å². The van der Waals surface area contributed by atoms with Crippen molar-refractivity contribution in [3.8, 4) is 0 Å². The van der Waals surface area contributed by atoms with Gasteiger partial charge in [-0.25, -0.2) is 21.5 Å². The number of amides is 2. The maximum absolute atomic E-state index is 13.0. The number of anilines is 1. The van der Waals surface area contributed by atoms with Crippen molar-refractivity contribution in [3.05, 3.63) is 87.7 Å². The van der Waals surface area contributed by atoms with Gasteiger partial charge in [-0.15, -0.1) is 0 Å². The second-order valence-electron chi connectivity index (χ2n) is 10.3. The Balaban J connectivity index is 1.32. The molecule has 2 amide bonds. The second-order valence-corrected chi connectivity index (χ2v) is 14.1. The predicted octanol–water partition coefficient (Wildman–Crippen LogP) is 2.36. The number of rotatable bonds is 8. The Labute approximate surface area is 244 Å². The first-order valence-corrected chi connectivity index (χ1v) is 16.4. The van der Waals surface area contributed by atoms with Crippen LogP contribution in [0.2, 0.25) is 0 Å².